The van der Waals surface area contributed by atoms with Crippen molar-refractivity contribution in [3.05, 3.63) is 69.9 Å². The van der Waals surface area contributed by atoms with E-state index in [0.717, 1.165) is 32.5 Å². The van der Waals surface area contributed by atoms with Crippen LogP contribution in [-0.2, 0) is 16.6 Å². The van der Waals surface area contributed by atoms with Crippen molar-refractivity contribution in [1.29, 1.82) is 0 Å². The second-order valence-corrected chi connectivity index (χ2v) is 11.0. The Morgan fingerprint density at radius 2 is 1.78 bits per heavy atom. The van der Waals surface area contributed by atoms with Crippen LogP contribution in [0.1, 0.15) is 18.4 Å². The predicted octanol–water partition coefficient (Wildman–Crippen LogP) is 4.99. The molecule has 32 heavy (non-hydrogen) atoms. The third kappa shape index (κ3) is 4.32. The van der Waals surface area contributed by atoms with E-state index in [1.165, 1.54) is 5.56 Å². The normalized spacial score (nSPS) is 16.9. The molecular weight excluding hydrogens is 468 g/mol. The zero-order valence-corrected chi connectivity index (χ0v) is 19.7. The third-order valence-corrected chi connectivity index (χ3v) is 8.73. The fourth-order valence-corrected chi connectivity index (χ4v) is 6.73. The van der Waals surface area contributed by atoms with Crippen LogP contribution in [0.15, 0.2) is 64.2 Å². The van der Waals surface area contributed by atoms with Gasteiger partial charge in [0.1, 0.15) is 0 Å². The standard InChI is InChI=1S/C23H23ClN2O4S2/c24-18-1-4-21(5-2-18)32(27,28)26(20-3-6-22-23(13-20)30-16-29-22)19-7-10-25(11-8-19)14-17-9-12-31-15-17/h1-6,9,12-13,15,19H,7-8,10-11,14,16H2. The molecule has 0 amide bonds. The first-order chi connectivity index (χ1) is 15.5. The number of fused-ring (bicyclic) bond motifs is 1. The molecule has 0 unspecified atom stereocenters. The molecule has 5 rings (SSSR count). The van der Waals surface area contributed by atoms with E-state index in [1.807, 2.05) is 0 Å². The van der Waals surface area contributed by atoms with Crippen molar-refractivity contribution in [3.63, 3.8) is 0 Å². The Morgan fingerprint density at radius 1 is 1.03 bits per heavy atom. The number of likely N-dealkylation sites (tertiary alicyclic amines) is 1. The molecule has 6 nitrogen and oxygen atoms in total. The van der Waals surface area contributed by atoms with E-state index in [2.05, 4.69) is 21.7 Å². The second kappa shape index (κ2) is 8.94. The van der Waals surface area contributed by atoms with E-state index >= 15 is 0 Å². The van der Waals surface area contributed by atoms with Gasteiger partial charge < -0.3 is 9.47 Å². The molecule has 168 valence electrons. The molecule has 3 heterocycles. The Bertz CT molecular complexity index is 1180. The van der Waals surface area contributed by atoms with Gasteiger partial charge in [-0.1, -0.05) is 11.6 Å². The van der Waals surface area contributed by atoms with Gasteiger partial charge in [-0.3, -0.25) is 9.21 Å². The minimum atomic E-state index is -3.79. The van der Waals surface area contributed by atoms with E-state index in [-0.39, 0.29) is 17.7 Å². The molecule has 0 aliphatic carbocycles. The second-order valence-electron chi connectivity index (χ2n) is 7.93. The van der Waals surface area contributed by atoms with Crippen LogP contribution in [0, 0.1) is 0 Å². The highest BCUT2D eigenvalue weighted by atomic mass is 35.5. The molecule has 2 aliphatic rings. The lowest BCUT2D eigenvalue weighted by molar-refractivity contribution is 0.174. The summed E-state index contributed by atoms with van der Waals surface area (Å²) in [5.74, 6) is 1.19. The van der Waals surface area contributed by atoms with Gasteiger partial charge in [-0.05, 0) is 71.6 Å². The molecular formula is C23H23ClN2O4S2. The number of piperidine rings is 1. The van der Waals surface area contributed by atoms with Crippen molar-refractivity contribution in [2.75, 3.05) is 24.2 Å². The predicted molar refractivity (Wildman–Crippen MR) is 126 cm³/mol. The fourth-order valence-electron chi connectivity index (χ4n) is 4.24. The zero-order valence-electron chi connectivity index (χ0n) is 17.3. The number of thiophene rings is 1. The molecule has 0 atom stereocenters. The number of benzene rings is 2. The molecule has 0 spiro atoms. The maximum atomic E-state index is 13.8. The monoisotopic (exact) mass is 490 g/mol. The minimum Gasteiger partial charge on any atom is -0.454 e. The molecule has 1 fully saturated rings. The molecule has 0 radical (unpaired) electrons. The minimum absolute atomic E-state index is 0.143. The smallest absolute Gasteiger partial charge is 0.264 e. The summed E-state index contributed by atoms with van der Waals surface area (Å²) in [5, 5.41) is 4.75. The van der Waals surface area contributed by atoms with E-state index < -0.39 is 10.0 Å². The Balaban J connectivity index is 1.44. The van der Waals surface area contributed by atoms with Crippen molar-refractivity contribution >= 4 is 38.6 Å². The Labute approximate surface area is 197 Å². The number of anilines is 1. The number of rotatable bonds is 6. The lowest BCUT2D eigenvalue weighted by atomic mass is 10.0. The van der Waals surface area contributed by atoms with Crippen LogP contribution in [0.4, 0.5) is 5.69 Å². The van der Waals surface area contributed by atoms with Crippen molar-refractivity contribution in [2.24, 2.45) is 0 Å². The molecule has 0 saturated carbocycles. The van der Waals surface area contributed by atoms with E-state index in [9.17, 15) is 8.42 Å². The fraction of sp³-hybridized carbons (Fsp3) is 0.304. The first kappa shape index (κ1) is 21.6. The molecule has 3 aromatic rings. The Hall–Kier alpha value is -2.26. The average Bonchev–Trinajstić information content (AvgIpc) is 3.47. The SMILES string of the molecule is O=S(=O)(c1ccc(Cl)cc1)N(c1ccc2c(c1)OCO2)C1CCN(Cc2ccsc2)CC1. The summed E-state index contributed by atoms with van der Waals surface area (Å²) in [6.45, 7) is 2.70. The molecule has 9 heteroatoms. The molecule has 0 N–H and O–H groups in total. The van der Waals surface area contributed by atoms with Crippen LogP contribution in [0.2, 0.25) is 5.02 Å². The van der Waals surface area contributed by atoms with E-state index in [1.54, 1.807) is 58.1 Å². The highest BCUT2D eigenvalue weighted by Crippen LogP contribution is 2.39. The van der Waals surface area contributed by atoms with Gasteiger partial charge in [0.25, 0.3) is 10.0 Å². The van der Waals surface area contributed by atoms with Crippen molar-refractivity contribution in [3.8, 4) is 11.5 Å². The summed E-state index contributed by atoms with van der Waals surface area (Å²) in [6.07, 6.45) is 1.48. The first-order valence-electron chi connectivity index (χ1n) is 10.4. The number of halogens is 1. The van der Waals surface area contributed by atoms with Gasteiger partial charge in [0.15, 0.2) is 11.5 Å². The highest BCUT2D eigenvalue weighted by molar-refractivity contribution is 7.92. The largest absolute Gasteiger partial charge is 0.454 e. The van der Waals surface area contributed by atoms with Crippen molar-refractivity contribution in [2.45, 2.75) is 30.3 Å². The van der Waals surface area contributed by atoms with E-state index in [4.69, 9.17) is 21.1 Å². The van der Waals surface area contributed by atoms with Gasteiger partial charge >= 0.3 is 0 Å². The number of sulfonamides is 1. The maximum Gasteiger partial charge on any atom is 0.264 e. The Morgan fingerprint density at radius 3 is 2.50 bits per heavy atom. The number of hydrogen-bond donors (Lipinski definition) is 0. The molecule has 2 aliphatic heterocycles. The van der Waals surface area contributed by atoms with Crippen LogP contribution < -0.4 is 13.8 Å². The third-order valence-electron chi connectivity index (χ3n) is 5.86. The first-order valence-corrected chi connectivity index (χ1v) is 13.2. The van der Waals surface area contributed by atoms with Gasteiger partial charge in [0, 0.05) is 36.8 Å². The van der Waals surface area contributed by atoms with Gasteiger partial charge in [-0.15, -0.1) is 0 Å². The summed E-state index contributed by atoms with van der Waals surface area (Å²) in [6, 6.07) is 13.6. The molecule has 1 aromatic heterocycles. The maximum absolute atomic E-state index is 13.8. The molecule has 0 bridgehead atoms. The quantitative estimate of drug-likeness (QED) is 0.487. The Kier molecular flexibility index (Phi) is 6.03. The van der Waals surface area contributed by atoms with Crippen LogP contribution in [0.3, 0.4) is 0 Å². The van der Waals surface area contributed by atoms with Gasteiger partial charge in [0.05, 0.1) is 10.6 Å². The summed E-state index contributed by atoms with van der Waals surface area (Å²) in [5.41, 5.74) is 1.88. The van der Waals surface area contributed by atoms with Crippen LogP contribution >= 0.6 is 22.9 Å². The molecule has 2 aromatic carbocycles. The van der Waals surface area contributed by atoms with Gasteiger partial charge in [-0.25, -0.2) is 8.42 Å². The van der Waals surface area contributed by atoms with Crippen LogP contribution in [0.5, 0.6) is 11.5 Å². The van der Waals surface area contributed by atoms with E-state index in [0.29, 0.717) is 22.2 Å². The summed E-state index contributed by atoms with van der Waals surface area (Å²) < 4.78 is 40.0. The number of hydrogen-bond acceptors (Lipinski definition) is 6. The topological polar surface area (TPSA) is 59.1 Å². The number of ether oxygens (including phenoxy) is 2. The highest BCUT2D eigenvalue weighted by Gasteiger charge is 2.35. The van der Waals surface area contributed by atoms with Crippen molar-refractivity contribution in [1.82, 2.24) is 4.90 Å². The van der Waals surface area contributed by atoms with Crippen LogP contribution in [0.25, 0.3) is 0 Å². The zero-order chi connectivity index (χ0) is 22.1. The average molecular weight is 491 g/mol. The summed E-state index contributed by atoms with van der Waals surface area (Å²) in [4.78, 5) is 2.60. The van der Waals surface area contributed by atoms with Crippen LogP contribution in [-0.4, -0.2) is 39.2 Å². The molecule has 1 saturated heterocycles. The summed E-state index contributed by atoms with van der Waals surface area (Å²) in [7, 11) is -3.79. The summed E-state index contributed by atoms with van der Waals surface area (Å²) >= 11 is 7.70. The van der Waals surface area contributed by atoms with Gasteiger partial charge in [0.2, 0.25) is 6.79 Å². The van der Waals surface area contributed by atoms with Gasteiger partial charge in [-0.2, -0.15) is 11.3 Å². The lowest BCUT2D eigenvalue weighted by Crippen LogP contribution is -2.47. The van der Waals surface area contributed by atoms with Crippen molar-refractivity contribution < 1.29 is 17.9 Å². The number of nitrogens with zero attached hydrogens (tertiary/aromatic N) is 2. The lowest BCUT2D eigenvalue weighted by Gasteiger charge is -2.39.